The van der Waals surface area contributed by atoms with Gasteiger partial charge in [-0.3, -0.25) is 9.69 Å². The van der Waals surface area contributed by atoms with Crippen molar-refractivity contribution in [2.45, 2.75) is 57.9 Å². The van der Waals surface area contributed by atoms with Crippen molar-refractivity contribution in [2.75, 3.05) is 25.5 Å². The number of hydrogen-bond donors (Lipinski definition) is 1. The molecule has 1 aromatic heterocycles. The lowest BCUT2D eigenvalue weighted by molar-refractivity contribution is 0.0601. The van der Waals surface area contributed by atoms with Crippen LogP contribution in [-0.4, -0.2) is 37.0 Å². The number of carbonyl (C=O) groups excluding carboxylic acids is 2. The second-order valence-electron chi connectivity index (χ2n) is 8.25. The summed E-state index contributed by atoms with van der Waals surface area (Å²) in [5, 5.41) is 3.59. The topological polar surface area (TPSA) is 58.6 Å². The van der Waals surface area contributed by atoms with Gasteiger partial charge < -0.3 is 10.1 Å². The molecular formula is C24H30N2O3S. The summed E-state index contributed by atoms with van der Waals surface area (Å²) in [7, 11) is 1.39. The van der Waals surface area contributed by atoms with Crippen molar-refractivity contribution in [3.63, 3.8) is 0 Å². The van der Waals surface area contributed by atoms with E-state index in [1.165, 1.54) is 54.6 Å². The van der Waals surface area contributed by atoms with E-state index in [2.05, 4.69) is 10.2 Å². The molecule has 0 spiro atoms. The summed E-state index contributed by atoms with van der Waals surface area (Å²) >= 11 is 1.52. The average molecular weight is 427 g/mol. The Bertz CT molecular complexity index is 896. The highest BCUT2D eigenvalue weighted by Gasteiger charge is 2.27. The monoisotopic (exact) mass is 426 g/mol. The number of nitrogens with zero attached hydrogens (tertiary/aromatic N) is 1. The van der Waals surface area contributed by atoms with Gasteiger partial charge in [-0.15, -0.1) is 11.3 Å². The van der Waals surface area contributed by atoms with Gasteiger partial charge in [-0.1, -0.05) is 25.0 Å². The first-order valence-electron chi connectivity index (χ1n) is 11.0. The molecule has 6 heteroatoms. The van der Waals surface area contributed by atoms with Crippen LogP contribution in [-0.2, 0) is 24.1 Å². The van der Waals surface area contributed by atoms with Crippen molar-refractivity contribution in [2.24, 2.45) is 0 Å². The number of esters is 1. The van der Waals surface area contributed by atoms with Crippen LogP contribution in [0.2, 0.25) is 0 Å². The predicted molar refractivity (Wildman–Crippen MR) is 120 cm³/mol. The van der Waals surface area contributed by atoms with E-state index >= 15 is 0 Å². The number of likely N-dealkylation sites (tertiary alicyclic amines) is 1. The van der Waals surface area contributed by atoms with Gasteiger partial charge in [0.2, 0.25) is 0 Å². The summed E-state index contributed by atoms with van der Waals surface area (Å²) in [6, 6.07) is 7.85. The third-order valence-corrected chi connectivity index (χ3v) is 7.32. The number of hydrogen-bond acceptors (Lipinski definition) is 5. The molecule has 2 aromatic rings. The summed E-state index contributed by atoms with van der Waals surface area (Å²) in [6.45, 7) is 3.25. The molecule has 1 saturated heterocycles. The van der Waals surface area contributed by atoms with Crippen LogP contribution < -0.4 is 5.32 Å². The fourth-order valence-electron chi connectivity index (χ4n) is 4.46. The van der Waals surface area contributed by atoms with Gasteiger partial charge in [-0.25, -0.2) is 4.79 Å². The summed E-state index contributed by atoms with van der Waals surface area (Å²) in [5.41, 5.74) is 3.44. The minimum Gasteiger partial charge on any atom is -0.465 e. The molecule has 2 aliphatic rings. The maximum atomic E-state index is 12.9. The number of anilines is 1. The zero-order valence-corrected chi connectivity index (χ0v) is 18.5. The fourth-order valence-corrected chi connectivity index (χ4v) is 5.73. The van der Waals surface area contributed by atoms with Crippen LogP contribution in [0, 0.1) is 0 Å². The van der Waals surface area contributed by atoms with E-state index in [4.69, 9.17) is 4.74 Å². The first-order valence-corrected chi connectivity index (χ1v) is 11.8. The largest absolute Gasteiger partial charge is 0.465 e. The number of benzene rings is 1. The average Bonchev–Trinajstić information content (AvgIpc) is 2.93. The van der Waals surface area contributed by atoms with E-state index in [0.29, 0.717) is 16.1 Å². The zero-order chi connectivity index (χ0) is 20.9. The number of methoxy groups -OCH3 is 1. The van der Waals surface area contributed by atoms with Gasteiger partial charge in [0.1, 0.15) is 5.00 Å². The van der Waals surface area contributed by atoms with E-state index in [1.54, 1.807) is 0 Å². The molecule has 0 bridgehead atoms. The number of ether oxygens (including phenoxy) is 1. The maximum absolute atomic E-state index is 12.9. The van der Waals surface area contributed by atoms with Crippen molar-refractivity contribution in [3.8, 4) is 0 Å². The van der Waals surface area contributed by atoms with Gasteiger partial charge in [-0.05, 0) is 74.9 Å². The third-order valence-electron chi connectivity index (χ3n) is 6.11. The molecule has 1 N–H and O–H groups in total. The lowest BCUT2D eigenvalue weighted by Crippen LogP contribution is -2.24. The third kappa shape index (κ3) is 4.76. The standard InChI is InChI=1S/C24H30N2O3S/c1-29-24(28)21-19-8-4-5-9-20(19)30-23(21)25-22(27)18-12-10-17(11-13-18)16-26-14-6-2-3-7-15-26/h10-13H,2-9,14-16H2,1H3,(H,25,27). The number of amides is 1. The van der Waals surface area contributed by atoms with E-state index in [9.17, 15) is 9.59 Å². The predicted octanol–water partition coefficient (Wildman–Crippen LogP) is 5.04. The molecule has 1 aliphatic heterocycles. The fraction of sp³-hybridized carbons (Fsp3) is 0.500. The van der Waals surface area contributed by atoms with E-state index < -0.39 is 0 Å². The Hall–Kier alpha value is -2.18. The Morgan fingerprint density at radius 2 is 1.70 bits per heavy atom. The van der Waals surface area contributed by atoms with Gasteiger partial charge in [-0.2, -0.15) is 0 Å². The molecule has 0 atom stereocenters. The maximum Gasteiger partial charge on any atom is 0.341 e. The first kappa shape index (κ1) is 21.1. The highest BCUT2D eigenvalue weighted by Crippen LogP contribution is 2.38. The number of thiophene rings is 1. The van der Waals surface area contributed by atoms with Crippen LogP contribution in [0.5, 0.6) is 0 Å². The Morgan fingerprint density at radius 1 is 1.00 bits per heavy atom. The van der Waals surface area contributed by atoms with Crippen LogP contribution in [0.3, 0.4) is 0 Å². The van der Waals surface area contributed by atoms with Crippen molar-refractivity contribution >= 4 is 28.2 Å². The van der Waals surface area contributed by atoms with Gasteiger partial charge in [0, 0.05) is 17.0 Å². The Morgan fingerprint density at radius 3 is 2.40 bits per heavy atom. The molecule has 1 aromatic carbocycles. The number of nitrogens with one attached hydrogen (secondary N) is 1. The molecule has 0 saturated carbocycles. The minimum absolute atomic E-state index is 0.180. The van der Waals surface area contributed by atoms with Crippen LogP contribution >= 0.6 is 11.3 Å². The summed E-state index contributed by atoms with van der Waals surface area (Å²) in [4.78, 5) is 28.9. The molecule has 2 heterocycles. The molecular weight excluding hydrogens is 396 g/mol. The molecule has 1 aliphatic carbocycles. The van der Waals surface area contributed by atoms with Crippen LogP contribution in [0.1, 0.15) is 75.2 Å². The molecule has 5 nitrogen and oxygen atoms in total. The summed E-state index contributed by atoms with van der Waals surface area (Å²) in [5.74, 6) is -0.544. The van der Waals surface area contributed by atoms with Crippen LogP contribution in [0.15, 0.2) is 24.3 Å². The minimum atomic E-state index is -0.363. The van der Waals surface area contributed by atoms with E-state index in [-0.39, 0.29) is 11.9 Å². The highest BCUT2D eigenvalue weighted by molar-refractivity contribution is 7.17. The van der Waals surface area contributed by atoms with Crippen molar-refractivity contribution in [1.82, 2.24) is 4.90 Å². The first-order chi connectivity index (χ1) is 14.7. The summed E-state index contributed by atoms with van der Waals surface area (Å²) < 4.78 is 5.00. The number of rotatable bonds is 5. The molecule has 0 radical (unpaired) electrons. The molecule has 160 valence electrons. The molecule has 1 fully saturated rings. The molecule has 0 unspecified atom stereocenters. The van der Waals surface area contributed by atoms with Gasteiger partial charge in [0.05, 0.1) is 12.7 Å². The van der Waals surface area contributed by atoms with Gasteiger partial charge in [0.15, 0.2) is 0 Å². The Balaban J connectivity index is 1.46. The highest BCUT2D eigenvalue weighted by atomic mass is 32.1. The lowest BCUT2D eigenvalue weighted by Gasteiger charge is -2.19. The smallest absolute Gasteiger partial charge is 0.341 e. The quantitative estimate of drug-likeness (QED) is 0.681. The van der Waals surface area contributed by atoms with Crippen molar-refractivity contribution < 1.29 is 14.3 Å². The number of fused-ring (bicyclic) bond motifs is 1. The van der Waals surface area contributed by atoms with Crippen LogP contribution in [0.25, 0.3) is 0 Å². The Labute approximate surface area is 182 Å². The van der Waals surface area contributed by atoms with Gasteiger partial charge in [0.25, 0.3) is 5.91 Å². The van der Waals surface area contributed by atoms with Gasteiger partial charge >= 0.3 is 5.97 Å². The lowest BCUT2D eigenvalue weighted by atomic mass is 9.95. The van der Waals surface area contributed by atoms with Crippen molar-refractivity contribution in [1.29, 1.82) is 0 Å². The Kier molecular flexibility index (Phi) is 6.85. The van der Waals surface area contributed by atoms with Crippen molar-refractivity contribution in [3.05, 3.63) is 51.4 Å². The second-order valence-corrected chi connectivity index (χ2v) is 9.35. The zero-order valence-electron chi connectivity index (χ0n) is 17.7. The molecule has 30 heavy (non-hydrogen) atoms. The molecule has 1 amide bonds. The number of carbonyl (C=O) groups is 2. The normalized spacial score (nSPS) is 17.1. The summed E-state index contributed by atoms with van der Waals surface area (Å²) in [6.07, 6.45) is 9.23. The van der Waals surface area contributed by atoms with E-state index in [1.807, 2.05) is 24.3 Å². The molecule has 4 rings (SSSR count). The SMILES string of the molecule is COC(=O)c1c(NC(=O)c2ccc(CN3CCCCCC3)cc2)sc2c1CCCC2. The second kappa shape index (κ2) is 9.75. The number of aryl methyl sites for hydroxylation is 1. The van der Waals surface area contributed by atoms with E-state index in [0.717, 1.165) is 50.9 Å². The van der Waals surface area contributed by atoms with Crippen LogP contribution in [0.4, 0.5) is 5.00 Å².